The second-order valence-corrected chi connectivity index (χ2v) is 12.9. The zero-order valence-electron chi connectivity index (χ0n) is 32.2. The number of allylic oxidation sites excluding steroid dienone is 3. The molecule has 0 saturated carbocycles. The van der Waals surface area contributed by atoms with Crippen LogP contribution in [0.15, 0.2) is 53.3 Å². The van der Waals surface area contributed by atoms with Crippen LogP contribution in [0.2, 0.25) is 0 Å². The quantitative estimate of drug-likeness (QED) is 0.0921. The fourth-order valence-corrected chi connectivity index (χ4v) is 4.46. The Labute approximate surface area is 292 Å². The molecule has 0 unspecified atom stereocenters. The molecule has 1 rings (SSSR count). The molecule has 0 saturated heterocycles. The third kappa shape index (κ3) is 23.7. The van der Waals surface area contributed by atoms with E-state index in [2.05, 4.69) is 68.7 Å². The summed E-state index contributed by atoms with van der Waals surface area (Å²) in [5.41, 5.74) is 3.13. The molecule has 0 aliphatic rings. The van der Waals surface area contributed by atoms with Crippen molar-refractivity contribution < 1.29 is 23.9 Å². The molecule has 0 spiro atoms. The van der Waals surface area contributed by atoms with Crippen molar-refractivity contribution in [1.29, 1.82) is 0 Å². The predicted octanol–water partition coefficient (Wildman–Crippen LogP) is 8.31. The van der Waals surface area contributed by atoms with Gasteiger partial charge >= 0.3 is 0 Å². The van der Waals surface area contributed by atoms with Gasteiger partial charge in [0, 0.05) is 37.8 Å². The lowest BCUT2D eigenvalue weighted by Gasteiger charge is -2.14. The number of nitrogens with one attached hydrogen (secondary N) is 2. The van der Waals surface area contributed by atoms with Crippen molar-refractivity contribution in [3.05, 3.63) is 53.9 Å². The van der Waals surface area contributed by atoms with E-state index in [4.69, 9.17) is 9.47 Å². The van der Waals surface area contributed by atoms with Crippen LogP contribution in [0.4, 0.5) is 0 Å². The first kappa shape index (κ1) is 46.5. The van der Waals surface area contributed by atoms with E-state index in [1.54, 1.807) is 46.0 Å². The molecule has 1 aromatic rings. The van der Waals surface area contributed by atoms with Crippen LogP contribution in [0.5, 0.6) is 5.88 Å². The summed E-state index contributed by atoms with van der Waals surface area (Å²) in [6.45, 7) is 27.0. The lowest BCUT2D eigenvalue weighted by atomic mass is 9.91. The second-order valence-electron chi connectivity index (χ2n) is 12.9. The molecule has 0 aliphatic carbocycles. The van der Waals surface area contributed by atoms with Gasteiger partial charge in [-0.05, 0) is 57.6 Å². The molecule has 1 heterocycles. The van der Waals surface area contributed by atoms with Crippen LogP contribution >= 0.6 is 0 Å². The van der Waals surface area contributed by atoms with Crippen molar-refractivity contribution >= 4 is 28.9 Å². The van der Waals surface area contributed by atoms with Gasteiger partial charge < -0.3 is 24.9 Å². The summed E-state index contributed by atoms with van der Waals surface area (Å²) in [6, 6.07) is 3.69. The molecule has 0 radical (unpaired) electrons. The van der Waals surface area contributed by atoms with Crippen molar-refractivity contribution in [3.63, 3.8) is 0 Å². The highest BCUT2D eigenvalue weighted by Crippen LogP contribution is 2.18. The average Bonchev–Trinajstić information content (AvgIpc) is 3.03. The summed E-state index contributed by atoms with van der Waals surface area (Å²) in [5, 5.41) is 5.43. The molecular weight excluding hydrogens is 604 g/mol. The maximum Gasteiger partial charge on any atom is 0.271 e. The standard InChI is InChI=1S/C23H32N4O4.C9H20.C7H14O/c1-7-17(5)22(28)27-19(8-2)21(24-6)23(29)26-11-12-30-13-14-31-20-15-18(16(3)4)9-10-25-20;1-4-7-9(6-3)8-5-2;1-6(8)5-7(2,3)4/h7-10,15H,3,11-14H2,1-2,4-6H3,(H,26,29)(H,27,28);9H,4-8H2,1-3H3;5H2,1-4H3/b17-7+,19-8+,24-21?;;. The monoisotopic (exact) mass is 671 g/mol. The van der Waals surface area contributed by atoms with Crippen molar-refractivity contribution in [2.24, 2.45) is 16.3 Å². The van der Waals surface area contributed by atoms with Gasteiger partial charge in [0.2, 0.25) is 5.88 Å². The first-order chi connectivity index (χ1) is 22.6. The lowest BCUT2D eigenvalue weighted by Crippen LogP contribution is -2.39. The Kier molecular flexibility index (Phi) is 26.5. The van der Waals surface area contributed by atoms with Crippen molar-refractivity contribution in [2.75, 3.05) is 33.4 Å². The SMILES string of the molecule is C=C(C)c1ccnc(OCCOCCNC(=O)C(=NC)/C(=C\C)NC(=O)/C(C)=C/C)c1.CC(=O)CC(C)(C)C.CCCC(CC)CCC. The van der Waals surface area contributed by atoms with Crippen LogP contribution in [0.25, 0.3) is 5.57 Å². The van der Waals surface area contributed by atoms with Gasteiger partial charge in [-0.15, -0.1) is 0 Å². The molecular formula is C39H66N4O5. The molecule has 272 valence electrons. The van der Waals surface area contributed by atoms with Gasteiger partial charge in [-0.1, -0.05) is 98.0 Å². The Morgan fingerprint density at radius 2 is 1.60 bits per heavy atom. The largest absolute Gasteiger partial charge is 0.475 e. The number of aromatic nitrogens is 1. The predicted molar refractivity (Wildman–Crippen MR) is 201 cm³/mol. The number of carbonyl (C=O) groups is 3. The Morgan fingerprint density at radius 3 is 2.04 bits per heavy atom. The van der Waals surface area contributed by atoms with E-state index in [0.717, 1.165) is 17.1 Å². The van der Waals surface area contributed by atoms with Gasteiger partial charge in [0.15, 0.2) is 0 Å². The highest BCUT2D eigenvalue weighted by molar-refractivity contribution is 6.45. The average molecular weight is 671 g/mol. The summed E-state index contributed by atoms with van der Waals surface area (Å²) in [7, 11) is 1.50. The van der Waals surface area contributed by atoms with E-state index in [1.165, 1.54) is 39.2 Å². The van der Waals surface area contributed by atoms with Crippen LogP contribution in [0, 0.1) is 11.3 Å². The minimum absolute atomic E-state index is 0.145. The zero-order valence-corrected chi connectivity index (χ0v) is 32.2. The summed E-state index contributed by atoms with van der Waals surface area (Å²) >= 11 is 0. The number of hydrogen-bond acceptors (Lipinski definition) is 7. The van der Waals surface area contributed by atoms with Crippen LogP contribution < -0.4 is 15.4 Å². The van der Waals surface area contributed by atoms with Crippen molar-refractivity contribution in [2.45, 2.75) is 115 Å². The molecule has 2 N–H and O–H groups in total. The van der Waals surface area contributed by atoms with Crippen LogP contribution in [0.1, 0.15) is 120 Å². The minimum Gasteiger partial charge on any atom is -0.475 e. The Morgan fingerprint density at radius 1 is 0.979 bits per heavy atom. The van der Waals surface area contributed by atoms with Gasteiger partial charge in [-0.25, -0.2) is 4.98 Å². The van der Waals surface area contributed by atoms with Crippen molar-refractivity contribution in [3.8, 4) is 5.88 Å². The molecule has 0 atom stereocenters. The third-order valence-electron chi connectivity index (χ3n) is 7.01. The first-order valence-corrected chi connectivity index (χ1v) is 17.3. The number of hydrogen-bond donors (Lipinski definition) is 2. The summed E-state index contributed by atoms with van der Waals surface area (Å²) < 4.78 is 11.0. The number of ketones is 1. The number of ether oxygens (including phenoxy) is 2. The number of rotatable bonds is 18. The first-order valence-electron chi connectivity index (χ1n) is 17.3. The molecule has 0 bridgehead atoms. The van der Waals surface area contributed by atoms with E-state index >= 15 is 0 Å². The van der Waals surface area contributed by atoms with E-state index in [9.17, 15) is 14.4 Å². The Hall–Kier alpha value is -3.59. The van der Waals surface area contributed by atoms with Gasteiger partial charge in [0.05, 0.1) is 18.9 Å². The number of nitrogens with zero attached hydrogens (tertiary/aromatic N) is 2. The van der Waals surface area contributed by atoms with Gasteiger partial charge in [0.1, 0.15) is 18.1 Å². The highest BCUT2D eigenvalue weighted by atomic mass is 16.5. The van der Waals surface area contributed by atoms with E-state index in [1.807, 2.05) is 19.1 Å². The van der Waals surface area contributed by atoms with Gasteiger partial charge in [0.25, 0.3) is 11.8 Å². The van der Waals surface area contributed by atoms with Crippen molar-refractivity contribution in [1.82, 2.24) is 15.6 Å². The normalized spacial score (nSPS) is 11.9. The van der Waals surface area contributed by atoms with Crippen LogP contribution in [-0.2, 0) is 19.1 Å². The topological polar surface area (TPSA) is 119 Å². The molecule has 48 heavy (non-hydrogen) atoms. The maximum absolute atomic E-state index is 12.4. The molecule has 2 amide bonds. The molecule has 9 nitrogen and oxygen atoms in total. The van der Waals surface area contributed by atoms with E-state index < -0.39 is 5.91 Å². The minimum atomic E-state index is -0.394. The smallest absolute Gasteiger partial charge is 0.271 e. The maximum atomic E-state index is 12.4. The molecule has 0 fully saturated rings. The Balaban J connectivity index is 0. The lowest BCUT2D eigenvalue weighted by molar-refractivity contribution is -0.119. The molecule has 1 aromatic heterocycles. The summed E-state index contributed by atoms with van der Waals surface area (Å²) in [4.78, 5) is 43.1. The van der Waals surface area contributed by atoms with E-state index in [0.29, 0.717) is 49.9 Å². The second kappa shape index (κ2) is 27.4. The molecule has 9 heteroatoms. The van der Waals surface area contributed by atoms with E-state index in [-0.39, 0.29) is 22.8 Å². The zero-order chi connectivity index (χ0) is 37.1. The van der Waals surface area contributed by atoms with Crippen LogP contribution in [0.3, 0.4) is 0 Å². The number of Topliss-reactive ketones (excluding diaryl/α,β-unsaturated/α-hetero) is 1. The van der Waals surface area contributed by atoms with Gasteiger partial charge in [-0.3, -0.25) is 14.6 Å². The van der Waals surface area contributed by atoms with Gasteiger partial charge in [-0.2, -0.15) is 0 Å². The summed E-state index contributed by atoms with van der Waals surface area (Å²) in [5.74, 6) is 1.12. The summed E-state index contributed by atoms with van der Waals surface area (Å²) in [6.07, 6.45) is 12.7. The molecule has 0 aliphatic heterocycles. The number of pyridine rings is 1. The number of carbonyl (C=O) groups excluding carboxylic acids is 3. The molecule has 0 aromatic carbocycles. The third-order valence-corrected chi connectivity index (χ3v) is 7.01. The fraction of sp³-hybridized carbons (Fsp3) is 0.615. The Bertz CT molecular complexity index is 1190. The number of amides is 2. The number of aliphatic imine (C=N–C) groups is 1. The fourth-order valence-electron chi connectivity index (χ4n) is 4.46. The highest BCUT2D eigenvalue weighted by Gasteiger charge is 2.17. The van der Waals surface area contributed by atoms with Crippen LogP contribution in [-0.4, -0.2) is 61.7 Å².